The minimum Gasteiger partial charge on any atom is -0.494 e. The molecule has 0 heterocycles. The van der Waals surface area contributed by atoms with Crippen LogP contribution in [0.3, 0.4) is 0 Å². The Balaban J connectivity index is 2.86. The molecule has 0 saturated heterocycles. The molecule has 9 nitrogen and oxygen atoms in total. The predicted octanol–water partition coefficient (Wildman–Crippen LogP) is -0.0287. The van der Waals surface area contributed by atoms with Crippen molar-refractivity contribution in [1.82, 2.24) is 5.32 Å². The number of hydrogen-bond acceptors (Lipinski definition) is 5. The highest BCUT2D eigenvalue weighted by Gasteiger charge is 2.26. The average Bonchev–Trinajstić information content (AvgIpc) is 2.59. The number of benzene rings is 1. The molecule has 0 aliphatic rings. The van der Waals surface area contributed by atoms with Crippen molar-refractivity contribution in [3.63, 3.8) is 0 Å². The largest absolute Gasteiger partial charge is 0.494 e. The first-order chi connectivity index (χ1) is 11.8. The lowest BCUT2D eigenvalue weighted by Crippen LogP contribution is -3.17. The minimum atomic E-state index is -0.536. The molecule has 1 rings (SSSR count). The highest BCUT2D eigenvalue weighted by atomic mass is 16.6. The van der Waals surface area contributed by atoms with Gasteiger partial charge in [-0.15, -0.1) is 0 Å². The Labute approximate surface area is 146 Å². The molecule has 0 spiro atoms. The van der Waals surface area contributed by atoms with Gasteiger partial charge in [0.1, 0.15) is 5.75 Å². The van der Waals surface area contributed by atoms with E-state index in [0.29, 0.717) is 18.8 Å². The smallest absolute Gasteiger partial charge is 0.282 e. The van der Waals surface area contributed by atoms with E-state index in [4.69, 9.17) is 4.74 Å². The zero-order valence-corrected chi connectivity index (χ0v) is 14.9. The fourth-order valence-corrected chi connectivity index (χ4v) is 2.37. The highest BCUT2D eigenvalue weighted by molar-refractivity contribution is 5.95. The quantitative estimate of drug-likeness (QED) is 0.426. The fraction of sp³-hybridized carbons (Fsp3) is 0.500. The lowest BCUT2D eigenvalue weighted by atomic mass is 10.2. The number of nitrogens with zero attached hydrogens (tertiary/aromatic N) is 1. The highest BCUT2D eigenvalue weighted by Crippen LogP contribution is 2.28. The van der Waals surface area contributed by atoms with Gasteiger partial charge in [-0.2, -0.15) is 0 Å². The predicted molar refractivity (Wildman–Crippen MR) is 92.8 cm³/mol. The summed E-state index contributed by atoms with van der Waals surface area (Å²) in [5.74, 6) is -0.211. The van der Waals surface area contributed by atoms with Gasteiger partial charge in [-0.3, -0.25) is 19.7 Å². The van der Waals surface area contributed by atoms with E-state index < -0.39 is 11.0 Å². The molecule has 2 amide bonds. The van der Waals surface area contributed by atoms with Crippen molar-refractivity contribution < 1.29 is 24.1 Å². The summed E-state index contributed by atoms with van der Waals surface area (Å²) in [7, 11) is 1.37. The van der Waals surface area contributed by atoms with Gasteiger partial charge in [-0.25, -0.2) is 0 Å². The van der Waals surface area contributed by atoms with E-state index in [0.717, 1.165) is 4.90 Å². The van der Waals surface area contributed by atoms with Crippen LogP contribution in [-0.4, -0.2) is 49.5 Å². The summed E-state index contributed by atoms with van der Waals surface area (Å²) in [6, 6.07) is 3.49. The Morgan fingerprint density at radius 1 is 1.36 bits per heavy atom. The molecular weight excluding hydrogens is 328 g/mol. The molecule has 0 aliphatic carbocycles. The van der Waals surface area contributed by atoms with Crippen LogP contribution in [0.15, 0.2) is 18.2 Å². The Morgan fingerprint density at radius 2 is 2.04 bits per heavy atom. The second-order valence-corrected chi connectivity index (χ2v) is 5.49. The molecule has 9 heteroatoms. The molecule has 1 aromatic rings. The lowest BCUT2D eigenvalue weighted by Gasteiger charge is -2.23. The van der Waals surface area contributed by atoms with Crippen molar-refractivity contribution in [2.24, 2.45) is 0 Å². The third kappa shape index (κ3) is 5.71. The standard InChI is InChI=1S/C16H24N4O5/c1-5-17-15(21)10-19(6-2)11(3)16(22)18-13-8-7-12(20(23)24)9-14(13)25-4/h7-9,11H,5-6,10H2,1-4H3,(H,17,21)(H,18,22)/p+1/t11-/m0/s1. The SMILES string of the molecule is CCNC(=O)C[NH+](CC)[C@@H](C)C(=O)Nc1ccc([N+](=O)[O-])cc1OC. The number of nitrogens with one attached hydrogen (secondary N) is 3. The van der Waals surface area contributed by atoms with Crippen LogP contribution >= 0.6 is 0 Å². The van der Waals surface area contributed by atoms with Crippen LogP contribution in [0.4, 0.5) is 11.4 Å². The maximum absolute atomic E-state index is 12.5. The van der Waals surface area contributed by atoms with Gasteiger partial charge in [-0.1, -0.05) is 0 Å². The third-order valence-electron chi connectivity index (χ3n) is 3.88. The van der Waals surface area contributed by atoms with Crippen LogP contribution < -0.4 is 20.3 Å². The molecule has 0 saturated carbocycles. The summed E-state index contributed by atoms with van der Waals surface area (Å²) in [5.41, 5.74) is 0.221. The molecule has 138 valence electrons. The maximum Gasteiger partial charge on any atom is 0.282 e. The first kappa shape index (κ1) is 20.4. The number of amides is 2. The molecule has 2 atom stereocenters. The number of hydrogen-bond donors (Lipinski definition) is 3. The van der Waals surface area contributed by atoms with Crippen LogP contribution in [0.25, 0.3) is 0 Å². The van der Waals surface area contributed by atoms with E-state index in [-0.39, 0.29) is 29.8 Å². The summed E-state index contributed by atoms with van der Waals surface area (Å²) in [6.45, 7) is 6.78. The number of rotatable bonds is 9. The Morgan fingerprint density at radius 3 is 2.56 bits per heavy atom. The average molecular weight is 353 g/mol. The van der Waals surface area contributed by atoms with Crippen molar-refractivity contribution in [3.8, 4) is 5.75 Å². The summed E-state index contributed by atoms with van der Waals surface area (Å²) >= 11 is 0. The van der Waals surface area contributed by atoms with Crippen molar-refractivity contribution in [2.45, 2.75) is 26.8 Å². The number of anilines is 1. The second kappa shape index (κ2) is 9.58. The normalized spacial score (nSPS) is 12.8. The molecule has 25 heavy (non-hydrogen) atoms. The van der Waals surface area contributed by atoms with Crippen LogP contribution in [0.2, 0.25) is 0 Å². The number of nitro groups is 1. The number of non-ortho nitro benzene ring substituents is 1. The molecular formula is C16H25N4O5+. The molecule has 0 radical (unpaired) electrons. The van der Waals surface area contributed by atoms with Gasteiger partial charge >= 0.3 is 0 Å². The van der Waals surface area contributed by atoms with E-state index in [2.05, 4.69) is 10.6 Å². The van der Waals surface area contributed by atoms with E-state index in [1.54, 1.807) is 6.92 Å². The molecule has 0 bridgehead atoms. The Hall–Kier alpha value is -2.68. The molecule has 0 aromatic heterocycles. The lowest BCUT2D eigenvalue weighted by molar-refractivity contribution is -0.904. The van der Waals surface area contributed by atoms with Gasteiger partial charge in [0.05, 0.1) is 30.3 Å². The Kier molecular flexibility index (Phi) is 7.80. The van der Waals surface area contributed by atoms with Gasteiger partial charge in [0.25, 0.3) is 17.5 Å². The molecule has 0 aliphatic heterocycles. The topological polar surface area (TPSA) is 115 Å². The Bertz CT molecular complexity index is 635. The van der Waals surface area contributed by atoms with E-state index in [1.807, 2.05) is 13.8 Å². The van der Waals surface area contributed by atoms with Crippen molar-refractivity contribution in [2.75, 3.05) is 32.1 Å². The summed E-state index contributed by atoms with van der Waals surface area (Å²) in [6.07, 6.45) is 0. The van der Waals surface area contributed by atoms with Crippen molar-refractivity contribution in [1.29, 1.82) is 0 Å². The van der Waals surface area contributed by atoms with Crippen molar-refractivity contribution >= 4 is 23.2 Å². The minimum absolute atomic E-state index is 0.119. The van der Waals surface area contributed by atoms with Gasteiger partial charge in [0.2, 0.25) is 0 Å². The van der Waals surface area contributed by atoms with Crippen LogP contribution in [0.5, 0.6) is 5.75 Å². The van der Waals surface area contributed by atoms with Crippen LogP contribution in [0.1, 0.15) is 20.8 Å². The van der Waals surface area contributed by atoms with E-state index in [9.17, 15) is 19.7 Å². The molecule has 1 unspecified atom stereocenters. The van der Waals surface area contributed by atoms with Crippen LogP contribution in [0, 0.1) is 10.1 Å². The third-order valence-corrected chi connectivity index (χ3v) is 3.88. The van der Waals surface area contributed by atoms with Gasteiger partial charge in [0.15, 0.2) is 12.6 Å². The van der Waals surface area contributed by atoms with Crippen LogP contribution in [-0.2, 0) is 9.59 Å². The van der Waals surface area contributed by atoms with Gasteiger partial charge < -0.3 is 20.3 Å². The summed E-state index contributed by atoms with van der Waals surface area (Å²) < 4.78 is 5.11. The maximum atomic E-state index is 12.5. The monoisotopic (exact) mass is 353 g/mol. The van der Waals surface area contributed by atoms with Gasteiger partial charge in [0, 0.05) is 12.6 Å². The second-order valence-electron chi connectivity index (χ2n) is 5.49. The summed E-state index contributed by atoms with van der Waals surface area (Å²) in [4.78, 5) is 35.3. The van der Waals surface area contributed by atoms with E-state index in [1.165, 1.54) is 25.3 Å². The zero-order chi connectivity index (χ0) is 19.0. The molecule has 1 aromatic carbocycles. The first-order valence-electron chi connectivity index (χ1n) is 8.08. The fourth-order valence-electron chi connectivity index (χ4n) is 2.37. The number of likely N-dealkylation sites (N-methyl/N-ethyl adjacent to an activating group) is 2. The van der Waals surface area contributed by atoms with E-state index >= 15 is 0 Å². The number of carbonyl (C=O) groups excluding carboxylic acids is 2. The summed E-state index contributed by atoms with van der Waals surface area (Å²) in [5, 5.41) is 16.2. The number of quaternary nitrogens is 1. The van der Waals surface area contributed by atoms with Gasteiger partial charge in [-0.05, 0) is 26.8 Å². The molecule has 0 fully saturated rings. The number of carbonyl (C=O) groups is 2. The zero-order valence-electron chi connectivity index (χ0n) is 14.9. The number of methoxy groups -OCH3 is 1. The first-order valence-corrected chi connectivity index (χ1v) is 8.08. The number of nitro benzene ring substituents is 1. The molecule has 3 N–H and O–H groups in total. The van der Waals surface area contributed by atoms with Crippen molar-refractivity contribution in [3.05, 3.63) is 28.3 Å². The number of ether oxygens (including phenoxy) is 1.